The fraction of sp³-hybridized carbons (Fsp3) is 0.167. The lowest BCUT2D eigenvalue weighted by Gasteiger charge is -2.08. The number of aliphatic hydroxyl groups excluding tert-OH is 1. The number of H-pyrrole nitrogens is 1. The van der Waals surface area contributed by atoms with Crippen LogP contribution >= 0.6 is 0 Å². The van der Waals surface area contributed by atoms with E-state index < -0.39 is 6.10 Å². The van der Waals surface area contributed by atoms with E-state index in [0.29, 0.717) is 11.3 Å². The van der Waals surface area contributed by atoms with Gasteiger partial charge in [-0.25, -0.2) is 0 Å². The van der Waals surface area contributed by atoms with Gasteiger partial charge in [0.05, 0.1) is 17.9 Å². The van der Waals surface area contributed by atoms with Crippen molar-refractivity contribution in [3.63, 3.8) is 0 Å². The van der Waals surface area contributed by atoms with E-state index >= 15 is 0 Å². The Morgan fingerprint density at radius 3 is 3.00 bits per heavy atom. The van der Waals surface area contributed by atoms with Crippen molar-refractivity contribution in [3.05, 3.63) is 47.8 Å². The van der Waals surface area contributed by atoms with E-state index in [-0.39, 0.29) is 5.91 Å². The van der Waals surface area contributed by atoms with Crippen molar-refractivity contribution in [2.75, 3.05) is 5.32 Å². The van der Waals surface area contributed by atoms with E-state index in [1.54, 1.807) is 31.2 Å². The highest BCUT2D eigenvalue weighted by Gasteiger charge is 2.08. The Kier molecular flexibility index (Phi) is 3.20. The van der Waals surface area contributed by atoms with Crippen molar-refractivity contribution in [1.29, 1.82) is 0 Å². The number of carbonyl (C=O) groups is 1. The molecule has 88 valence electrons. The third-order valence-corrected chi connectivity index (χ3v) is 2.39. The molecule has 1 aromatic heterocycles. The first kappa shape index (κ1) is 11.3. The van der Waals surface area contributed by atoms with Crippen molar-refractivity contribution < 1.29 is 9.90 Å². The predicted octanol–water partition coefficient (Wildman–Crippen LogP) is 1.72. The average Bonchev–Trinajstić information content (AvgIpc) is 2.82. The summed E-state index contributed by atoms with van der Waals surface area (Å²) in [6, 6.07) is 7.09. The lowest BCUT2D eigenvalue weighted by Crippen LogP contribution is -2.11. The van der Waals surface area contributed by atoms with Crippen molar-refractivity contribution >= 4 is 11.6 Å². The third-order valence-electron chi connectivity index (χ3n) is 2.39. The minimum Gasteiger partial charge on any atom is -0.389 e. The van der Waals surface area contributed by atoms with E-state index in [2.05, 4.69) is 15.5 Å². The summed E-state index contributed by atoms with van der Waals surface area (Å²) in [5.74, 6) is -0.235. The van der Waals surface area contributed by atoms with Gasteiger partial charge in [-0.05, 0) is 24.6 Å². The molecule has 1 aromatic carbocycles. The highest BCUT2D eigenvalue weighted by atomic mass is 16.3. The van der Waals surface area contributed by atoms with Crippen LogP contribution in [-0.4, -0.2) is 21.2 Å². The van der Waals surface area contributed by atoms with Crippen molar-refractivity contribution in [2.45, 2.75) is 13.0 Å². The summed E-state index contributed by atoms with van der Waals surface area (Å²) in [5.41, 5.74) is 1.87. The minimum atomic E-state index is -0.555. The van der Waals surface area contributed by atoms with Gasteiger partial charge in [0.1, 0.15) is 0 Å². The fourth-order valence-corrected chi connectivity index (χ4v) is 1.45. The van der Waals surface area contributed by atoms with E-state index in [4.69, 9.17) is 0 Å². The van der Waals surface area contributed by atoms with Crippen LogP contribution in [-0.2, 0) is 0 Å². The molecule has 5 heteroatoms. The Morgan fingerprint density at radius 2 is 2.35 bits per heavy atom. The number of hydrogen-bond donors (Lipinski definition) is 3. The lowest BCUT2D eigenvalue weighted by atomic mass is 10.1. The lowest BCUT2D eigenvalue weighted by molar-refractivity contribution is 0.102. The normalized spacial score (nSPS) is 12.1. The molecule has 1 amide bonds. The molecule has 5 nitrogen and oxygen atoms in total. The number of aromatic nitrogens is 2. The minimum absolute atomic E-state index is 0.235. The molecule has 3 N–H and O–H groups in total. The van der Waals surface area contributed by atoms with Gasteiger partial charge >= 0.3 is 0 Å². The van der Waals surface area contributed by atoms with E-state index in [0.717, 1.165) is 5.56 Å². The Balaban J connectivity index is 2.14. The number of aliphatic hydroxyl groups is 1. The molecule has 2 aromatic rings. The zero-order chi connectivity index (χ0) is 12.3. The van der Waals surface area contributed by atoms with Gasteiger partial charge in [0.25, 0.3) is 5.91 Å². The van der Waals surface area contributed by atoms with Crippen LogP contribution in [0.4, 0.5) is 5.69 Å². The molecular formula is C12H13N3O2. The molecule has 1 heterocycles. The first-order chi connectivity index (χ1) is 8.16. The number of rotatable bonds is 3. The maximum Gasteiger partial charge on any atom is 0.258 e. The molecule has 17 heavy (non-hydrogen) atoms. The van der Waals surface area contributed by atoms with Gasteiger partial charge in [-0.15, -0.1) is 0 Å². The molecule has 0 aliphatic rings. The highest BCUT2D eigenvalue weighted by Crippen LogP contribution is 2.17. The van der Waals surface area contributed by atoms with Crippen LogP contribution in [0.1, 0.15) is 28.9 Å². The zero-order valence-corrected chi connectivity index (χ0v) is 9.34. The van der Waals surface area contributed by atoms with Crippen LogP contribution in [0.15, 0.2) is 36.7 Å². The van der Waals surface area contributed by atoms with Gasteiger partial charge < -0.3 is 10.4 Å². The maximum absolute atomic E-state index is 11.7. The molecule has 0 aliphatic carbocycles. The second kappa shape index (κ2) is 4.80. The molecule has 1 atom stereocenters. The average molecular weight is 231 g/mol. The van der Waals surface area contributed by atoms with Crippen molar-refractivity contribution in [3.8, 4) is 0 Å². The molecule has 0 saturated heterocycles. The van der Waals surface area contributed by atoms with Crippen LogP contribution in [0.25, 0.3) is 0 Å². The Labute approximate surface area is 98.5 Å². The van der Waals surface area contributed by atoms with Crippen LogP contribution in [0.3, 0.4) is 0 Å². The van der Waals surface area contributed by atoms with Crippen LogP contribution in [0.5, 0.6) is 0 Å². The summed E-state index contributed by atoms with van der Waals surface area (Å²) in [6.07, 6.45) is 2.42. The standard InChI is InChI=1S/C12H13N3O2/c1-8(16)9-3-2-4-11(5-9)15-12(17)10-6-13-14-7-10/h2-8,16H,1H3,(H,13,14)(H,15,17). The smallest absolute Gasteiger partial charge is 0.258 e. The van der Waals surface area contributed by atoms with Crippen LogP contribution in [0, 0.1) is 0 Å². The molecule has 0 saturated carbocycles. The van der Waals surface area contributed by atoms with E-state index in [9.17, 15) is 9.90 Å². The molecule has 0 radical (unpaired) electrons. The summed E-state index contributed by atoms with van der Waals surface area (Å²) in [4.78, 5) is 11.7. The largest absolute Gasteiger partial charge is 0.389 e. The highest BCUT2D eigenvalue weighted by molar-refractivity contribution is 6.03. The van der Waals surface area contributed by atoms with Crippen molar-refractivity contribution in [1.82, 2.24) is 10.2 Å². The number of hydrogen-bond acceptors (Lipinski definition) is 3. The number of carbonyl (C=O) groups excluding carboxylic acids is 1. The number of amides is 1. The second-order valence-corrected chi connectivity index (χ2v) is 3.74. The summed E-state index contributed by atoms with van der Waals surface area (Å²) in [7, 11) is 0. The zero-order valence-electron chi connectivity index (χ0n) is 9.34. The van der Waals surface area contributed by atoms with Gasteiger partial charge in [-0.2, -0.15) is 5.10 Å². The molecule has 0 aliphatic heterocycles. The monoisotopic (exact) mass is 231 g/mol. The summed E-state index contributed by atoms with van der Waals surface area (Å²) < 4.78 is 0. The molecular weight excluding hydrogens is 218 g/mol. The number of anilines is 1. The predicted molar refractivity (Wildman–Crippen MR) is 63.6 cm³/mol. The second-order valence-electron chi connectivity index (χ2n) is 3.74. The first-order valence-corrected chi connectivity index (χ1v) is 5.25. The SMILES string of the molecule is CC(O)c1cccc(NC(=O)c2cn[nH]c2)c1. The van der Waals surface area contributed by atoms with E-state index in [1.165, 1.54) is 12.4 Å². The molecule has 1 unspecified atom stereocenters. The summed E-state index contributed by atoms with van der Waals surface area (Å²) in [6.45, 7) is 1.68. The molecule has 0 bridgehead atoms. The van der Waals surface area contributed by atoms with Gasteiger partial charge in [0.2, 0.25) is 0 Å². The van der Waals surface area contributed by atoms with Crippen LogP contribution in [0.2, 0.25) is 0 Å². The van der Waals surface area contributed by atoms with Crippen LogP contribution < -0.4 is 5.32 Å². The van der Waals surface area contributed by atoms with Gasteiger partial charge in [0.15, 0.2) is 0 Å². The number of aromatic amines is 1. The number of benzene rings is 1. The van der Waals surface area contributed by atoms with Crippen molar-refractivity contribution in [2.24, 2.45) is 0 Å². The Hall–Kier alpha value is -2.14. The fourth-order valence-electron chi connectivity index (χ4n) is 1.45. The Morgan fingerprint density at radius 1 is 1.53 bits per heavy atom. The Bertz CT molecular complexity index is 506. The first-order valence-electron chi connectivity index (χ1n) is 5.25. The summed E-state index contributed by atoms with van der Waals surface area (Å²) in [5, 5.41) is 18.4. The topological polar surface area (TPSA) is 78.0 Å². The third kappa shape index (κ3) is 2.70. The molecule has 0 fully saturated rings. The van der Waals surface area contributed by atoms with Gasteiger partial charge in [-0.3, -0.25) is 9.89 Å². The van der Waals surface area contributed by atoms with E-state index in [1.807, 2.05) is 0 Å². The number of nitrogens with one attached hydrogen (secondary N) is 2. The van der Waals surface area contributed by atoms with Gasteiger partial charge in [-0.1, -0.05) is 12.1 Å². The number of nitrogens with zero attached hydrogens (tertiary/aromatic N) is 1. The molecule has 2 rings (SSSR count). The van der Waals surface area contributed by atoms with Gasteiger partial charge in [0, 0.05) is 11.9 Å². The quantitative estimate of drug-likeness (QED) is 0.752. The molecule has 0 spiro atoms. The summed E-state index contributed by atoms with van der Waals surface area (Å²) >= 11 is 0. The maximum atomic E-state index is 11.7.